The van der Waals surface area contributed by atoms with Gasteiger partial charge in [0.15, 0.2) is 0 Å². The van der Waals surface area contributed by atoms with Crippen LogP contribution in [-0.2, 0) is 11.0 Å². The first-order chi connectivity index (χ1) is 12.8. The highest BCUT2D eigenvalue weighted by Crippen LogP contribution is 2.35. The van der Waals surface area contributed by atoms with Gasteiger partial charge in [0.2, 0.25) is 5.91 Å². The molecule has 0 aliphatic rings. The van der Waals surface area contributed by atoms with E-state index in [0.29, 0.717) is 10.9 Å². The number of nitrogens with zero attached hydrogens (tertiary/aromatic N) is 2. The number of alkyl halides is 3. The predicted octanol–water partition coefficient (Wildman–Crippen LogP) is 5.08. The van der Waals surface area contributed by atoms with Crippen LogP contribution in [0, 0.1) is 6.92 Å². The van der Waals surface area contributed by atoms with Crippen molar-refractivity contribution in [3.63, 3.8) is 0 Å². The van der Waals surface area contributed by atoms with Crippen LogP contribution in [0.3, 0.4) is 0 Å². The number of anilines is 1. The smallest absolute Gasteiger partial charge is 0.325 e. The number of rotatable bonds is 4. The van der Waals surface area contributed by atoms with Gasteiger partial charge in [-0.05, 0) is 32.0 Å². The van der Waals surface area contributed by atoms with Crippen molar-refractivity contribution < 1.29 is 18.0 Å². The number of carbonyl (C=O) groups is 1. The second-order valence-corrected chi connectivity index (χ2v) is 7.22. The average Bonchev–Trinajstić information content (AvgIpc) is 2.61. The summed E-state index contributed by atoms with van der Waals surface area (Å²) in [6.07, 6.45) is -4.54. The first-order valence-corrected chi connectivity index (χ1v) is 9.01. The van der Waals surface area contributed by atoms with Crippen molar-refractivity contribution in [1.29, 1.82) is 0 Å². The van der Waals surface area contributed by atoms with Crippen molar-refractivity contribution in [3.8, 4) is 0 Å². The number of carbonyl (C=O) groups excluding carboxylic acids is 1. The second kappa shape index (κ2) is 7.56. The summed E-state index contributed by atoms with van der Waals surface area (Å²) in [5.41, 5.74) is -0.382. The van der Waals surface area contributed by atoms with Crippen molar-refractivity contribution in [3.05, 3.63) is 59.9 Å². The van der Waals surface area contributed by atoms with Crippen molar-refractivity contribution in [2.45, 2.75) is 30.3 Å². The lowest BCUT2D eigenvalue weighted by Gasteiger charge is -2.16. The quantitative estimate of drug-likeness (QED) is 0.498. The summed E-state index contributed by atoms with van der Waals surface area (Å²) in [5.74, 6) is 0.0308. The third-order valence-electron chi connectivity index (χ3n) is 3.83. The Morgan fingerprint density at radius 1 is 1.07 bits per heavy atom. The second-order valence-electron chi connectivity index (χ2n) is 5.89. The fourth-order valence-electron chi connectivity index (χ4n) is 2.54. The molecular weight excluding hydrogens is 375 g/mol. The van der Waals surface area contributed by atoms with E-state index in [1.807, 2.05) is 24.3 Å². The van der Waals surface area contributed by atoms with E-state index in [2.05, 4.69) is 15.3 Å². The summed E-state index contributed by atoms with van der Waals surface area (Å²) >= 11 is 1.18. The molecule has 0 spiro atoms. The van der Waals surface area contributed by atoms with E-state index in [-0.39, 0.29) is 5.69 Å². The van der Waals surface area contributed by atoms with Gasteiger partial charge in [-0.3, -0.25) is 4.79 Å². The predicted molar refractivity (Wildman–Crippen MR) is 99.7 cm³/mol. The molecule has 1 heterocycles. The topological polar surface area (TPSA) is 54.9 Å². The van der Waals surface area contributed by atoms with E-state index < -0.39 is 22.9 Å². The minimum Gasteiger partial charge on any atom is -0.325 e. The van der Waals surface area contributed by atoms with Gasteiger partial charge < -0.3 is 5.32 Å². The monoisotopic (exact) mass is 391 g/mol. The number of amides is 1. The van der Waals surface area contributed by atoms with E-state index in [4.69, 9.17) is 0 Å². The summed E-state index contributed by atoms with van der Waals surface area (Å²) in [6, 6.07) is 12.3. The molecule has 0 saturated heterocycles. The van der Waals surface area contributed by atoms with Crippen LogP contribution in [0.15, 0.2) is 53.6 Å². The van der Waals surface area contributed by atoms with E-state index in [1.165, 1.54) is 30.0 Å². The molecule has 27 heavy (non-hydrogen) atoms. The molecule has 1 atom stereocenters. The van der Waals surface area contributed by atoms with Gasteiger partial charge in [0.25, 0.3) is 0 Å². The van der Waals surface area contributed by atoms with E-state index >= 15 is 0 Å². The van der Waals surface area contributed by atoms with Gasteiger partial charge in [-0.25, -0.2) is 9.97 Å². The molecule has 2 aromatic carbocycles. The van der Waals surface area contributed by atoms with Gasteiger partial charge in [-0.2, -0.15) is 13.2 Å². The molecular formula is C19H16F3N3OS. The highest BCUT2D eigenvalue weighted by atomic mass is 32.2. The number of thioether (sulfide) groups is 1. The number of hydrogen-bond donors (Lipinski definition) is 1. The number of para-hydroxylation sites is 2. The molecule has 1 amide bonds. The third kappa shape index (κ3) is 4.39. The third-order valence-corrected chi connectivity index (χ3v) is 4.93. The molecule has 1 N–H and O–H groups in total. The Morgan fingerprint density at radius 2 is 1.74 bits per heavy atom. The maximum Gasteiger partial charge on any atom is 0.418 e. The summed E-state index contributed by atoms with van der Waals surface area (Å²) in [7, 11) is 0. The lowest BCUT2D eigenvalue weighted by atomic mass is 10.1. The maximum absolute atomic E-state index is 13.1. The normalized spacial score (nSPS) is 12.8. The van der Waals surface area contributed by atoms with Crippen LogP contribution in [0.4, 0.5) is 18.9 Å². The Balaban J connectivity index is 1.82. The highest BCUT2D eigenvalue weighted by Gasteiger charge is 2.34. The van der Waals surface area contributed by atoms with Gasteiger partial charge in [0.05, 0.1) is 22.0 Å². The molecule has 0 bridgehead atoms. The highest BCUT2D eigenvalue weighted by molar-refractivity contribution is 8.00. The van der Waals surface area contributed by atoms with Crippen LogP contribution >= 0.6 is 11.8 Å². The van der Waals surface area contributed by atoms with Gasteiger partial charge in [-0.1, -0.05) is 42.1 Å². The molecule has 4 nitrogen and oxygen atoms in total. The van der Waals surface area contributed by atoms with Crippen molar-refractivity contribution >= 4 is 34.3 Å². The molecule has 0 aliphatic heterocycles. The molecule has 3 rings (SSSR count). The molecule has 0 radical (unpaired) electrons. The Morgan fingerprint density at radius 3 is 2.48 bits per heavy atom. The van der Waals surface area contributed by atoms with Crippen molar-refractivity contribution in [2.24, 2.45) is 0 Å². The van der Waals surface area contributed by atoms with Crippen molar-refractivity contribution in [2.75, 3.05) is 5.32 Å². The molecule has 140 valence electrons. The number of fused-ring (bicyclic) bond motifs is 1. The average molecular weight is 391 g/mol. The van der Waals surface area contributed by atoms with Crippen LogP contribution < -0.4 is 5.32 Å². The summed E-state index contributed by atoms with van der Waals surface area (Å²) in [5, 5.41) is 3.14. The minimum absolute atomic E-state index is 0.258. The number of aryl methyl sites for hydroxylation is 1. The summed E-state index contributed by atoms with van der Waals surface area (Å²) < 4.78 is 39.3. The molecule has 0 saturated carbocycles. The molecule has 1 aromatic heterocycles. The largest absolute Gasteiger partial charge is 0.418 e. The molecule has 8 heteroatoms. The Kier molecular flexibility index (Phi) is 5.36. The van der Waals surface area contributed by atoms with Crippen LogP contribution in [-0.4, -0.2) is 21.1 Å². The molecule has 0 unspecified atom stereocenters. The molecule has 0 aliphatic carbocycles. The van der Waals surface area contributed by atoms with Gasteiger partial charge in [0, 0.05) is 5.39 Å². The zero-order valence-electron chi connectivity index (χ0n) is 14.5. The van der Waals surface area contributed by atoms with Crippen molar-refractivity contribution in [1.82, 2.24) is 9.97 Å². The van der Waals surface area contributed by atoms with Crippen LogP contribution in [0.2, 0.25) is 0 Å². The Hall–Kier alpha value is -2.61. The van der Waals surface area contributed by atoms with Crippen LogP contribution in [0.25, 0.3) is 10.9 Å². The first-order valence-electron chi connectivity index (χ1n) is 8.13. The van der Waals surface area contributed by atoms with E-state index in [0.717, 1.165) is 17.0 Å². The SMILES string of the molecule is Cc1nc(S[C@H](C)C(=O)Nc2ccccc2C(F)(F)F)c2ccccc2n1. The van der Waals surface area contributed by atoms with Gasteiger partial charge >= 0.3 is 6.18 Å². The molecule has 0 fully saturated rings. The standard InChI is InChI=1S/C19H16F3N3OS/c1-11(17(26)25-16-10-6-4-8-14(16)19(20,21)22)27-18-13-7-3-5-9-15(13)23-12(2)24-18/h3-11H,1-2H3,(H,25,26)/t11-/m1/s1. The van der Waals surface area contributed by atoms with Gasteiger partial charge in [0.1, 0.15) is 10.9 Å². The van der Waals surface area contributed by atoms with E-state index in [1.54, 1.807) is 13.8 Å². The zero-order chi connectivity index (χ0) is 19.6. The van der Waals surface area contributed by atoms with Crippen LogP contribution in [0.1, 0.15) is 18.3 Å². The van der Waals surface area contributed by atoms with Crippen LogP contribution in [0.5, 0.6) is 0 Å². The lowest BCUT2D eigenvalue weighted by Crippen LogP contribution is -2.24. The maximum atomic E-state index is 13.1. The number of nitrogens with one attached hydrogen (secondary N) is 1. The fraction of sp³-hybridized carbons (Fsp3) is 0.211. The van der Waals surface area contributed by atoms with E-state index in [9.17, 15) is 18.0 Å². The first kappa shape index (κ1) is 19.2. The number of hydrogen-bond acceptors (Lipinski definition) is 4. The Labute approximate surface area is 158 Å². The minimum atomic E-state index is -4.54. The number of aromatic nitrogens is 2. The fourth-order valence-corrected chi connectivity index (χ4v) is 3.53. The summed E-state index contributed by atoms with van der Waals surface area (Å²) in [6.45, 7) is 3.38. The lowest BCUT2D eigenvalue weighted by molar-refractivity contribution is -0.137. The summed E-state index contributed by atoms with van der Waals surface area (Å²) in [4.78, 5) is 21.2. The zero-order valence-corrected chi connectivity index (χ0v) is 15.4. The number of benzene rings is 2. The Bertz CT molecular complexity index is 991. The number of halogens is 3. The molecule has 3 aromatic rings. The van der Waals surface area contributed by atoms with Gasteiger partial charge in [-0.15, -0.1) is 0 Å².